The number of nitrogens with one attached hydrogen (secondary N) is 17. The summed E-state index contributed by atoms with van der Waals surface area (Å²) in [4.78, 5) is 77.7. The monoisotopic (exact) mass is 2000 g/mol. The minimum Gasteiger partial charge on any atom is -0.504 e. The Balaban J connectivity index is 0.000000198. The Morgan fingerprint density at radius 3 is 1.42 bits per heavy atom. The minimum atomic E-state index is -0.122. The highest BCUT2D eigenvalue weighted by Gasteiger charge is 2.21. The first-order chi connectivity index (χ1) is 68.5. The molecule has 143 heavy (non-hydrogen) atoms. The van der Waals surface area contributed by atoms with Crippen LogP contribution < -0.4 is 151 Å². The van der Waals surface area contributed by atoms with Crippen LogP contribution in [0.3, 0.4) is 0 Å². The van der Waals surface area contributed by atoms with Crippen molar-refractivity contribution in [2.45, 2.75) is 189 Å². The number of benzene rings is 4. The second-order valence-corrected chi connectivity index (χ2v) is 33.7. The predicted octanol–water partition coefficient (Wildman–Crippen LogP) is 0.786. The van der Waals surface area contributed by atoms with Gasteiger partial charge in [0.05, 0.1) is 44.0 Å². The van der Waals surface area contributed by atoms with Crippen LogP contribution in [-0.2, 0) is 32.1 Å². The molecular weight excluding hydrogens is 1850 g/mol. The fourth-order valence-electron chi connectivity index (χ4n) is 12.8. The number of phenols is 2. The van der Waals surface area contributed by atoms with E-state index in [2.05, 4.69) is 220 Å². The third-order valence-electron chi connectivity index (χ3n) is 19.5. The number of aliphatic imine (C=N–C) groups is 18. The fraction of sp³-hybridized carbons (Fsp3) is 0.451. The van der Waals surface area contributed by atoms with Crippen molar-refractivity contribution in [2.24, 2.45) is 141 Å². The lowest BCUT2D eigenvalue weighted by Crippen LogP contribution is -2.52. The maximum absolute atomic E-state index is 9.37. The van der Waals surface area contributed by atoms with Crippen LogP contribution in [0, 0.1) is 0 Å². The molecule has 0 bridgehead atoms. The highest BCUT2D eigenvalue weighted by molar-refractivity contribution is 6.30. The number of hydrogen-bond donors (Lipinski definition) is 28. The van der Waals surface area contributed by atoms with Crippen molar-refractivity contribution in [3.8, 4) is 23.0 Å². The average Bonchev–Trinajstić information content (AvgIpc) is 1.83. The van der Waals surface area contributed by atoms with Gasteiger partial charge in [-0.15, -0.1) is 0 Å². The molecule has 37 N–H and O–H groups in total. The van der Waals surface area contributed by atoms with Crippen molar-refractivity contribution in [1.29, 1.82) is 0 Å². The molecule has 0 saturated heterocycles. The van der Waals surface area contributed by atoms with E-state index in [9.17, 15) is 10.2 Å². The SMILES string of the molecule is CC1CN=C(N)NC(N(C)C)=N1.CC1CN=C(N)NC(N)=N1.CC1N=C(N)NC(=NCCc2ccc(O)c(O)c2)N1.CC1N=C(N)NC(=NCCc2ccc3c(c2)OCO3)N1.CC1N=C(N)NC(=NCCc2ccccc2)N1.CC1N=C(N)NC(=NCCc2ccco2)N1.CC1N=C(N)NC(=NCCc2ccoc2)N1.CC1N=C(Nc2ccc(Cl)cc2)NC(NC(C)C)=N1.CCCCN=C1N=C(N)NCC(C)N1. The molecule has 9 unspecified atom stereocenters. The summed E-state index contributed by atoms with van der Waals surface area (Å²) in [6.45, 7) is 30.1. The molecule has 0 saturated carbocycles. The van der Waals surface area contributed by atoms with E-state index < -0.39 is 0 Å². The first-order valence-electron chi connectivity index (χ1n) is 46.9. The fourth-order valence-corrected chi connectivity index (χ4v) is 12.9. The number of rotatable bonds is 20. The second-order valence-electron chi connectivity index (χ2n) is 33.3. The molecular formula is C91H144ClN45O6. The van der Waals surface area contributed by atoms with Crippen molar-refractivity contribution in [1.82, 2.24) is 90.0 Å². The van der Waals surface area contributed by atoms with Crippen LogP contribution in [0.2, 0.25) is 5.02 Å². The lowest BCUT2D eigenvalue weighted by atomic mass is 10.1. The molecule has 0 spiro atoms. The van der Waals surface area contributed by atoms with Gasteiger partial charge in [-0.25, -0.2) is 44.9 Å². The number of nitrogens with two attached hydrogens (primary N) is 9. The van der Waals surface area contributed by atoms with Crippen molar-refractivity contribution in [3.63, 3.8) is 0 Å². The summed E-state index contributed by atoms with van der Waals surface area (Å²) in [5.41, 5.74) is 55.3. The third kappa shape index (κ3) is 45.4. The van der Waals surface area contributed by atoms with Gasteiger partial charge in [-0.05, 0) is 197 Å². The first kappa shape index (κ1) is 112. The van der Waals surface area contributed by atoms with E-state index in [4.69, 9.17) is 81.5 Å². The van der Waals surface area contributed by atoms with Crippen molar-refractivity contribution < 1.29 is 28.5 Å². The maximum Gasteiger partial charge on any atom is 0.231 e. The smallest absolute Gasteiger partial charge is 0.231 e. The van der Waals surface area contributed by atoms with Crippen LogP contribution in [0.15, 0.2) is 227 Å². The molecule has 9 atom stereocenters. The van der Waals surface area contributed by atoms with E-state index in [-0.39, 0.29) is 60.6 Å². The zero-order valence-corrected chi connectivity index (χ0v) is 84.3. The van der Waals surface area contributed by atoms with Crippen LogP contribution in [0.1, 0.15) is 124 Å². The molecule has 776 valence electrons. The summed E-state index contributed by atoms with van der Waals surface area (Å²) in [5, 5.41) is 70.3. The number of aromatic hydroxyl groups is 2. The topological polar surface area (TPSA) is 750 Å². The first-order valence-corrected chi connectivity index (χ1v) is 47.2. The number of unbranched alkanes of at least 4 members (excludes halogenated alkanes) is 1. The van der Waals surface area contributed by atoms with Crippen molar-refractivity contribution >= 4 is 125 Å². The van der Waals surface area contributed by atoms with Gasteiger partial charge in [-0.1, -0.05) is 67.4 Å². The van der Waals surface area contributed by atoms with Gasteiger partial charge in [0.2, 0.25) is 24.7 Å². The lowest BCUT2D eigenvalue weighted by Gasteiger charge is -2.22. The zero-order chi connectivity index (χ0) is 104. The van der Waals surface area contributed by atoms with Gasteiger partial charge in [0.15, 0.2) is 112 Å². The summed E-state index contributed by atoms with van der Waals surface area (Å²) in [5.74, 6) is 11.9. The van der Waals surface area contributed by atoms with E-state index in [1.54, 1.807) is 24.9 Å². The molecule has 6 aromatic rings. The number of halogens is 1. The number of anilines is 1. The number of furan rings is 2. The molecule has 51 nitrogen and oxygen atoms in total. The van der Waals surface area contributed by atoms with Gasteiger partial charge in [0.1, 0.15) is 42.8 Å². The zero-order valence-electron chi connectivity index (χ0n) is 83.5. The average molecular weight is 2000 g/mol. The lowest BCUT2D eigenvalue weighted by molar-refractivity contribution is 0.174. The van der Waals surface area contributed by atoms with Crippen LogP contribution in [0.4, 0.5) is 5.69 Å². The molecule has 0 fully saturated rings. The molecule has 10 aliphatic rings. The molecule has 12 heterocycles. The van der Waals surface area contributed by atoms with Gasteiger partial charge >= 0.3 is 0 Å². The normalized spacial score (nSPS) is 22.1. The number of phenolic OH excluding ortho intramolecular Hbond substituents is 2. The van der Waals surface area contributed by atoms with Gasteiger partial charge in [-0.2, -0.15) is 4.99 Å². The highest BCUT2D eigenvalue weighted by Crippen LogP contribution is 2.33. The molecule has 16 rings (SSSR count). The van der Waals surface area contributed by atoms with Crippen LogP contribution in [-0.4, -0.2) is 263 Å². The Labute approximate surface area is 838 Å². The predicted molar refractivity (Wildman–Crippen MR) is 574 cm³/mol. The molecule has 4 aromatic carbocycles. The summed E-state index contributed by atoms with van der Waals surface area (Å²) in [6, 6.07) is 35.1. The van der Waals surface area contributed by atoms with Crippen molar-refractivity contribution in [3.05, 3.63) is 161 Å². The summed E-state index contributed by atoms with van der Waals surface area (Å²) >= 11 is 5.86. The number of guanidine groups is 18. The van der Waals surface area contributed by atoms with Gasteiger partial charge in [-0.3, -0.25) is 82.5 Å². The highest BCUT2D eigenvalue weighted by atomic mass is 35.5. The second kappa shape index (κ2) is 59.8. The number of nitrogens with zero attached hydrogens (tertiary/aromatic N) is 19. The van der Waals surface area contributed by atoms with E-state index in [1.165, 1.54) is 17.7 Å². The summed E-state index contributed by atoms with van der Waals surface area (Å²) in [6.07, 6.45) is 10.9. The van der Waals surface area contributed by atoms with Crippen LogP contribution in [0.25, 0.3) is 0 Å². The largest absolute Gasteiger partial charge is 0.504 e. The standard InChI is InChI=1S/C13H18ClN5.C13H17N5O2.C12H17N5O2.C12H17N5.2C10H15N5O.C9H19N5.C7H15N5.C5H11N5/c1-8(2)15-12-16-9(3)17-13(19-12)18-11-6-4-10(14)5-7-11;1-8-16-12(14)18-13(17-8)15-5-4-9-2-3-10-11(6-9)20-7-19-10;1-7-15-11(13)17-12(16-7)14-5-4-8-2-3-9(18)10(19)6-8;1-9-15-11(13)17-12(16-9)14-8-7-10-5-3-2-4-6-10;1-7-13-9(11)15-10(14-7)12-4-2-8-3-5-16-6-8;1-7-13-9(11)15-10(14-7)12-5-4-8-3-2-6-16-8;1-3-4-5-11-9-13-7(2)6-12-8(10)14-9;1-5-4-9-6(8)11-7(10-5)12(2)3;1-3-2-8-4(6)10-5(7)9-3/h4-9H,1-3H3,(H3,15,16,17,18,19);2-3,6,8H,4-5,7H2,1H3,(H4,14,15,16,17,18);2-3,6-7,18-19H,4-5H2,1H3,(H4,13,14,15,16,17);2-6,9H,7-8H2,1H3,(H4,13,14,15,16,17);3,5-7H,2,4H2,1H3,(H4,11,12,13,14,15);2-3,6-7H,4-5H2,1H3,(H4,11,12,13,14,15);7H,3-6H2,1-2H3,(H4,10,11,12,13,14);5H,4H2,1-3H3,(H3,8,9,10,11);3H,2H2,1H3,(H5,6,7,8,9,10). The Kier molecular flexibility index (Phi) is 46.8. The Morgan fingerprint density at radius 1 is 0.448 bits per heavy atom. The quantitative estimate of drug-likeness (QED) is 0.0371. The van der Waals surface area contributed by atoms with Crippen LogP contribution >= 0.6 is 11.6 Å². The molecule has 2 aromatic heterocycles. The number of ether oxygens (including phenoxy) is 2. The summed E-state index contributed by atoms with van der Waals surface area (Å²) < 4.78 is 20.8. The van der Waals surface area contributed by atoms with E-state index >= 15 is 0 Å². The van der Waals surface area contributed by atoms with Gasteiger partial charge in [0.25, 0.3) is 0 Å². The number of hydrogen-bond acceptors (Lipinski definition) is 39. The van der Waals surface area contributed by atoms with Gasteiger partial charge in [0, 0.05) is 89.1 Å². The van der Waals surface area contributed by atoms with E-state index in [0.717, 1.165) is 110 Å². The van der Waals surface area contributed by atoms with E-state index in [1.807, 2.05) is 153 Å². The van der Waals surface area contributed by atoms with Crippen molar-refractivity contribution in [2.75, 3.05) is 85.1 Å². The Hall–Kier alpha value is -16.4. The Morgan fingerprint density at radius 2 is 0.930 bits per heavy atom. The third-order valence-corrected chi connectivity index (χ3v) is 19.7. The van der Waals surface area contributed by atoms with Gasteiger partial charge < -0.3 is 133 Å². The molecule has 0 amide bonds. The number of fused-ring (bicyclic) bond motifs is 1. The summed E-state index contributed by atoms with van der Waals surface area (Å²) in [7, 11) is 3.83. The molecule has 10 aliphatic heterocycles. The molecule has 52 heteroatoms. The van der Waals surface area contributed by atoms with Crippen LogP contribution in [0.5, 0.6) is 23.0 Å². The molecule has 0 aliphatic carbocycles. The Bertz CT molecular complexity index is 5450. The molecule has 0 radical (unpaired) electrons. The minimum absolute atomic E-state index is 0.0216. The maximum atomic E-state index is 9.37. The van der Waals surface area contributed by atoms with E-state index in [0.29, 0.717) is 165 Å².